The number of carbonyl (C=O) groups is 1. The second-order valence-electron chi connectivity index (χ2n) is 7.17. The van der Waals surface area contributed by atoms with Gasteiger partial charge in [0.2, 0.25) is 5.91 Å². The van der Waals surface area contributed by atoms with Gasteiger partial charge in [-0.15, -0.1) is 0 Å². The Labute approximate surface area is 172 Å². The zero-order chi connectivity index (χ0) is 20.8. The lowest BCUT2D eigenvalue weighted by Crippen LogP contribution is -2.34. The molecule has 1 aliphatic heterocycles. The summed E-state index contributed by atoms with van der Waals surface area (Å²) < 4.78 is 0. The molecule has 2 aromatic rings. The fraction of sp³-hybridized carbons (Fsp3) is 0.292. The number of carbonyl (C=O) groups excluding carboxylic acids is 1. The van der Waals surface area contributed by atoms with Gasteiger partial charge in [-0.05, 0) is 36.1 Å². The van der Waals surface area contributed by atoms with Crippen LogP contribution >= 0.6 is 0 Å². The molecule has 0 aliphatic carbocycles. The molecule has 2 aromatic carbocycles. The third kappa shape index (κ3) is 4.72. The SMILES string of the molecule is [C-]#[N+]c1ccc(-c2ccc3c(c2)N=C(N)CC(C(=O)N(CCC)CCC)=C3)cc1. The van der Waals surface area contributed by atoms with Crippen LogP contribution < -0.4 is 5.73 Å². The van der Waals surface area contributed by atoms with Crippen LogP contribution in [0.3, 0.4) is 0 Å². The van der Waals surface area contributed by atoms with Gasteiger partial charge in [0.15, 0.2) is 5.69 Å². The Balaban J connectivity index is 1.96. The lowest BCUT2D eigenvalue weighted by atomic mass is 10.0. The number of amidine groups is 1. The Morgan fingerprint density at radius 1 is 1.10 bits per heavy atom. The van der Waals surface area contributed by atoms with Crippen LogP contribution in [0.25, 0.3) is 22.0 Å². The van der Waals surface area contributed by atoms with Gasteiger partial charge in [0.1, 0.15) is 5.84 Å². The molecule has 1 amide bonds. The van der Waals surface area contributed by atoms with Gasteiger partial charge in [0.05, 0.1) is 12.3 Å². The highest BCUT2D eigenvalue weighted by atomic mass is 16.2. The van der Waals surface area contributed by atoms with Crippen LogP contribution in [-0.4, -0.2) is 29.7 Å². The van der Waals surface area contributed by atoms with E-state index in [2.05, 4.69) is 23.7 Å². The maximum Gasteiger partial charge on any atom is 0.250 e. The largest absolute Gasteiger partial charge is 0.387 e. The molecule has 0 saturated heterocycles. The van der Waals surface area contributed by atoms with Crippen molar-refractivity contribution in [3.63, 3.8) is 0 Å². The third-order valence-electron chi connectivity index (χ3n) is 4.87. The van der Waals surface area contributed by atoms with E-state index in [0.29, 0.717) is 23.5 Å². The summed E-state index contributed by atoms with van der Waals surface area (Å²) in [7, 11) is 0. The van der Waals surface area contributed by atoms with E-state index in [-0.39, 0.29) is 5.91 Å². The maximum absolute atomic E-state index is 13.1. The van der Waals surface area contributed by atoms with E-state index in [0.717, 1.165) is 48.3 Å². The smallest absolute Gasteiger partial charge is 0.250 e. The lowest BCUT2D eigenvalue weighted by Gasteiger charge is -2.22. The molecule has 0 radical (unpaired) electrons. The van der Waals surface area contributed by atoms with Crippen molar-refractivity contribution < 1.29 is 4.79 Å². The van der Waals surface area contributed by atoms with Gasteiger partial charge < -0.3 is 10.6 Å². The summed E-state index contributed by atoms with van der Waals surface area (Å²) in [5.41, 5.74) is 11.1. The van der Waals surface area contributed by atoms with Crippen LogP contribution in [0.1, 0.15) is 38.7 Å². The predicted octanol–water partition coefficient (Wildman–Crippen LogP) is 5.33. The van der Waals surface area contributed by atoms with Crippen molar-refractivity contribution in [3.05, 3.63) is 65.0 Å². The van der Waals surface area contributed by atoms with Gasteiger partial charge >= 0.3 is 0 Å². The fourth-order valence-corrected chi connectivity index (χ4v) is 3.49. The number of fused-ring (bicyclic) bond motifs is 1. The summed E-state index contributed by atoms with van der Waals surface area (Å²) in [5.74, 6) is 0.482. The van der Waals surface area contributed by atoms with Crippen molar-refractivity contribution in [3.8, 4) is 11.1 Å². The minimum atomic E-state index is 0.0403. The first-order chi connectivity index (χ1) is 14.0. The second kappa shape index (κ2) is 9.20. The van der Waals surface area contributed by atoms with Crippen molar-refractivity contribution in [1.82, 2.24) is 4.90 Å². The van der Waals surface area contributed by atoms with E-state index < -0.39 is 0 Å². The van der Waals surface area contributed by atoms with E-state index >= 15 is 0 Å². The van der Waals surface area contributed by atoms with Crippen LogP contribution in [0.15, 0.2) is 53.0 Å². The van der Waals surface area contributed by atoms with Crippen LogP contribution in [0.4, 0.5) is 11.4 Å². The summed E-state index contributed by atoms with van der Waals surface area (Å²) in [6.07, 6.45) is 4.13. The molecular formula is C24H26N4O. The number of nitrogens with two attached hydrogens (primary N) is 1. The molecule has 3 rings (SSSR count). The lowest BCUT2D eigenvalue weighted by molar-refractivity contribution is -0.127. The molecule has 0 saturated carbocycles. The number of hydrogen-bond acceptors (Lipinski definition) is 3. The number of nitrogens with zero attached hydrogens (tertiary/aromatic N) is 3. The second-order valence-corrected chi connectivity index (χ2v) is 7.17. The van der Waals surface area contributed by atoms with E-state index in [4.69, 9.17) is 12.3 Å². The van der Waals surface area contributed by atoms with Gasteiger partial charge in [-0.25, -0.2) is 9.84 Å². The maximum atomic E-state index is 13.1. The highest BCUT2D eigenvalue weighted by Crippen LogP contribution is 2.32. The Kier molecular flexibility index (Phi) is 6.46. The average molecular weight is 386 g/mol. The molecule has 0 bridgehead atoms. The molecule has 2 N–H and O–H groups in total. The first-order valence-electron chi connectivity index (χ1n) is 10.0. The Hall–Kier alpha value is -3.39. The molecule has 5 heteroatoms. The first kappa shape index (κ1) is 20.3. The normalized spacial score (nSPS) is 12.9. The molecule has 29 heavy (non-hydrogen) atoms. The summed E-state index contributed by atoms with van der Waals surface area (Å²) in [6, 6.07) is 13.4. The van der Waals surface area contributed by atoms with E-state index in [9.17, 15) is 4.79 Å². The minimum absolute atomic E-state index is 0.0403. The fourth-order valence-electron chi connectivity index (χ4n) is 3.49. The van der Waals surface area contributed by atoms with Crippen molar-refractivity contribution in [2.75, 3.05) is 13.1 Å². The molecule has 148 valence electrons. The molecule has 0 unspecified atom stereocenters. The van der Waals surface area contributed by atoms with Crippen molar-refractivity contribution in [2.24, 2.45) is 10.7 Å². The van der Waals surface area contributed by atoms with Crippen LogP contribution in [0.2, 0.25) is 0 Å². The quantitative estimate of drug-likeness (QED) is 0.682. The zero-order valence-electron chi connectivity index (χ0n) is 17.0. The molecule has 0 atom stereocenters. The van der Waals surface area contributed by atoms with Gasteiger partial charge in [-0.3, -0.25) is 4.79 Å². The topological polar surface area (TPSA) is 63.0 Å². The van der Waals surface area contributed by atoms with Gasteiger partial charge in [0, 0.05) is 30.6 Å². The number of benzene rings is 2. The minimum Gasteiger partial charge on any atom is -0.387 e. The van der Waals surface area contributed by atoms with Gasteiger partial charge in [-0.1, -0.05) is 50.2 Å². The van der Waals surface area contributed by atoms with Crippen molar-refractivity contribution in [2.45, 2.75) is 33.1 Å². The Morgan fingerprint density at radius 2 is 1.76 bits per heavy atom. The summed E-state index contributed by atoms with van der Waals surface area (Å²) in [4.78, 5) is 23.0. The molecule has 5 nitrogen and oxygen atoms in total. The van der Waals surface area contributed by atoms with Gasteiger partial charge in [-0.2, -0.15) is 0 Å². The van der Waals surface area contributed by atoms with Crippen LogP contribution in [0, 0.1) is 6.57 Å². The van der Waals surface area contributed by atoms with Crippen molar-refractivity contribution >= 4 is 29.2 Å². The average Bonchev–Trinajstić information content (AvgIpc) is 2.90. The molecule has 0 fully saturated rings. The number of rotatable bonds is 6. The van der Waals surface area contributed by atoms with Gasteiger partial charge in [0.25, 0.3) is 0 Å². The highest BCUT2D eigenvalue weighted by molar-refractivity contribution is 6.05. The predicted molar refractivity (Wildman–Crippen MR) is 119 cm³/mol. The standard InChI is InChI=1S/C24H26N4O/c1-4-12-28(13-5-2)24(29)20-14-19-7-6-18(15-22(19)27-23(25)16-20)17-8-10-21(26-3)11-9-17/h6-11,14-15H,4-5,12-13,16H2,1-2H3,(H2,25,27). The monoisotopic (exact) mass is 386 g/mol. The van der Waals surface area contributed by atoms with Crippen LogP contribution in [-0.2, 0) is 4.79 Å². The van der Waals surface area contributed by atoms with Crippen molar-refractivity contribution in [1.29, 1.82) is 0 Å². The molecule has 0 aromatic heterocycles. The summed E-state index contributed by atoms with van der Waals surface area (Å²) >= 11 is 0. The third-order valence-corrected chi connectivity index (χ3v) is 4.87. The van der Waals surface area contributed by atoms with Crippen LogP contribution in [0.5, 0.6) is 0 Å². The van der Waals surface area contributed by atoms with E-state index in [1.807, 2.05) is 41.3 Å². The molecule has 1 heterocycles. The van der Waals surface area contributed by atoms with E-state index in [1.54, 1.807) is 12.1 Å². The number of hydrogen-bond donors (Lipinski definition) is 1. The summed E-state index contributed by atoms with van der Waals surface area (Å²) in [6.45, 7) is 12.7. The molecule has 1 aliphatic rings. The summed E-state index contributed by atoms with van der Waals surface area (Å²) in [5, 5.41) is 0. The highest BCUT2D eigenvalue weighted by Gasteiger charge is 2.21. The number of aliphatic imine (C=N–C) groups is 1. The first-order valence-corrected chi connectivity index (χ1v) is 10.0. The number of amides is 1. The zero-order valence-corrected chi connectivity index (χ0v) is 17.0. The molecule has 0 spiro atoms. The van der Waals surface area contributed by atoms with E-state index in [1.165, 1.54) is 0 Å². The molecular weight excluding hydrogens is 360 g/mol. The Morgan fingerprint density at radius 3 is 2.38 bits per heavy atom. The Bertz CT molecular complexity index is 991.